The molecule has 0 saturated carbocycles. The minimum atomic E-state index is -0.575. The summed E-state index contributed by atoms with van der Waals surface area (Å²) in [6.07, 6.45) is 0. The van der Waals surface area contributed by atoms with E-state index < -0.39 is 11.7 Å². The molecule has 4 nitrogen and oxygen atoms in total. The highest BCUT2D eigenvalue weighted by Gasteiger charge is 2.18. The fraction of sp³-hybridized carbons (Fsp3) is 0.333. The number of likely N-dealkylation sites (N-methyl/N-ethyl adjacent to an activating group) is 1. The average Bonchev–Trinajstić information content (AvgIpc) is 2.29. The third kappa shape index (κ3) is 2.77. The van der Waals surface area contributed by atoms with Crippen molar-refractivity contribution in [2.24, 2.45) is 0 Å². The predicted molar refractivity (Wildman–Crippen MR) is 66.8 cm³/mol. The highest BCUT2D eigenvalue weighted by atomic mass is 35.5. The molecule has 0 N–H and O–H groups in total. The standard InChI is InChI=1S/C12H14ClNO3/c1-7-5-11(17-4)9(13)6-10(7)14(3)12(16)8(2)15/h5-6H,1-4H3. The number of aryl methyl sites for hydroxylation is 1. The lowest BCUT2D eigenvalue weighted by molar-refractivity contribution is -0.134. The maximum absolute atomic E-state index is 11.6. The van der Waals surface area contributed by atoms with Crippen LogP contribution >= 0.6 is 11.6 Å². The van der Waals surface area contributed by atoms with E-state index in [1.807, 2.05) is 6.92 Å². The lowest BCUT2D eigenvalue weighted by atomic mass is 10.1. The van der Waals surface area contributed by atoms with Crippen molar-refractivity contribution < 1.29 is 14.3 Å². The van der Waals surface area contributed by atoms with Crippen molar-refractivity contribution in [3.63, 3.8) is 0 Å². The Morgan fingerprint density at radius 3 is 2.41 bits per heavy atom. The van der Waals surface area contributed by atoms with E-state index in [9.17, 15) is 9.59 Å². The third-order valence-electron chi connectivity index (χ3n) is 2.44. The molecule has 0 unspecified atom stereocenters. The number of hydrogen-bond donors (Lipinski definition) is 0. The number of anilines is 1. The quantitative estimate of drug-likeness (QED) is 0.778. The van der Waals surface area contributed by atoms with Crippen LogP contribution in [0.3, 0.4) is 0 Å². The molecule has 1 rings (SSSR count). The Morgan fingerprint density at radius 2 is 1.94 bits per heavy atom. The molecule has 92 valence electrons. The molecule has 1 aromatic rings. The number of benzene rings is 1. The second-order valence-corrected chi connectivity index (χ2v) is 4.10. The van der Waals surface area contributed by atoms with Gasteiger partial charge in [0.1, 0.15) is 5.75 Å². The van der Waals surface area contributed by atoms with Crippen LogP contribution in [0.4, 0.5) is 5.69 Å². The summed E-state index contributed by atoms with van der Waals surface area (Å²) in [4.78, 5) is 23.9. The van der Waals surface area contributed by atoms with Crippen LogP contribution in [-0.4, -0.2) is 25.8 Å². The third-order valence-corrected chi connectivity index (χ3v) is 2.73. The summed E-state index contributed by atoms with van der Waals surface area (Å²) in [7, 11) is 3.06. The number of rotatable bonds is 3. The summed E-state index contributed by atoms with van der Waals surface area (Å²) in [5, 5.41) is 0.399. The van der Waals surface area contributed by atoms with Gasteiger partial charge in [0.25, 0.3) is 5.91 Å². The van der Waals surface area contributed by atoms with E-state index in [1.54, 1.807) is 12.1 Å². The van der Waals surface area contributed by atoms with Crippen molar-refractivity contribution in [2.75, 3.05) is 19.1 Å². The number of ether oxygens (including phenoxy) is 1. The van der Waals surface area contributed by atoms with Gasteiger partial charge in [-0.05, 0) is 24.6 Å². The zero-order valence-corrected chi connectivity index (χ0v) is 11.0. The minimum absolute atomic E-state index is 0.399. The van der Waals surface area contributed by atoms with E-state index in [0.29, 0.717) is 16.5 Å². The Kier molecular flexibility index (Phi) is 4.12. The van der Waals surface area contributed by atoms with Gasteiger partial charge in [0.2, 0.25) is 5.78 Å². The topological polar surface area (TPSA) is 46.6 Å². The van der Waals surface area contributed by atoms with E-state index in [-0.39, 0.29) is 0 Å². The predicted octanol–water partition coefficient (Wildman–Crippen LogP) is 2.21. The summed E-state index contributed by atoms with van der Waals surface area (Å²) < 4.78 is 5.07. The zero-order chi connectivity index (χ0) is 13.2. The first-order chi connectivity index (χ1) is 7.88. The number of methoxy groups -OCH3 is 1. The molecule has 0 bridgehead atoms. The molecule has 0 radical (unpaired) electrons. The van der Waals surface area contributed by atoms with E-state index >= 15 is 0 Å². The van der Waals surface area contributed by atoms with Crippen LogP contribution in [0.5, 0.6) is 5.75 Å². The van der Waals surface area contributed by atoms with E-state index in [2.05, 4.69) is 0 Å². The molecule has 1 aromatic carbocycles. The maximum atomic E-state index is 11.6. The Hall–Kier alpha value is -1.55. The first kappa shape index (κ1) is 13.5. The van der Waals surface area contributed by atoms with Crippen LogP contribution in [0.2, 0.25) is 5.02 Å². The SMILES string of the molecule is COc1cc(C)c(N(C)C(=O)C(C)=O)cc1Cl. The number of halogens is 1. The zero-order valence-electron chi connectivity index (χ0n) is 10.2. The van der Waals surface area contributed by atoms with Crippen LogP contribution in [0, 0.1) is 6.92 Å². The highest BCUT2D eigenvalue weighted by Crippen LogP contribution is 2.32. The highest BCUT2D eigenvalue weighted by molar-refractivity contribution is 6.40. The molecular weight excluding hydrogens is 242 g/mol. The second kappa shape index (κ2) is 5.19. The van der Waals surface area contributed by atoms with E-state index in [4.69, 9.17) is 16.3 Å². The molecule has 0 aliphatic heterocycles. The van der Waals surface area contributed by atoms with Crippen molar-refractivity contribution in [3.05, 3.63) is 22.7 Å². The number of Topliss-reactive ketones (excluding diaryl/α,β-unsaturated/α-hetero) is 1. The van der Waals surface area contributed by atoms with Gasteiger partial charge in [-0.1, -0.05) is 11.6 Å². The first-order valence-electron chi connectivity index (χ1n) is 5.01. The first-order valence-corrected chi connectivity index (χ1v) is 5.39. The lowest BCUT2D eigenvalue weighted by Crippen LogP contribution is -2.32. The number of nitrogens with zero attached hydrogens (tertiary/aromatic N) is 1. The molecule has 0 aliphatic carbocycles. The van der Waals surface area contributed by atoms with Crippen molar-refractivity contribution in [1.82, 2.24) is 0 Å². The normalized spacial score (nSPS) is 9.94. The van der Waals surface area contributed by atoms with Gasteiger partial charge in [0, 0.05) is 19.7 Å². The van der Waals surface area contributed by atoms with Crippen LogP contribution in [0.15, 0.2) is 12.1 Å². The number of carbonyl (C=O) groups is 2. The lowest BCUT2D eigenvalue weighted by Gasteiger charge is -2.19. The fourth-order valence-corrected chi connectivity index (χ4v) is 1.74. The summed E-state index contributed by atoms with van der Waals surface area (Å²) in [5.41, 5.74) is 1.40. The number of hydrogen-bond acceptors (Lipinski definition) is 3. The Bertz CT molecular complexity index is 471. The van der Waals surface area contributed by atoms with Crippen LogP contribution in [0.25, 0.3) is 0 Å². The monoisotopic (exact) mass is 255 g/mol. The summed E-state index contributed by atoms with van der Waals surface area (Å²) in [6, 6.07) is 3.33. The van der Waals surface area contributed by atoms with Crippen molar-refractivity contribution in [3.8, 4) is 5.75 Å². The number of amides is 1. The Labute approximate surface area is 105 Å². The average molecular weight is 256 g/mol. The summed E-state index contributed by atoms with van der Waals surface area (Å²) in [5.74, 6) is -0.551. The van der Waals surface area contributed by atoms with E-state index in [0.717, 1.165) is 5.56 Å². The molecule has 1 amide bonds. The van der Waals surface area contributed by atoms with Crippen LogP contribution in [0.1, 0.15) is 12.5 Å². The van der Waals surface area contributed by atoms with Gasteiger partial charge in [-0.15, -0.1) is 0 Å². The van der Waals surface area contributed by atoms with Crippen molar-refractivity contribution in [1.29, 1.82) is 0 Å². The fourth-order valence-electron chi connectivity index (χ4n) is 1.51. The molecular formula is C12H14ClNO3. The molecule has 0 saturated heterocycles. The van der Waals surface area contributed by atoms with Gasteiger partial charge in [0.15, 0.2) is 0 Å². The minimum Gasteiger partial charge on any atom is -0.495 e. The number of ketones is 1. The van der Waals surface area contributed by atoms with Gasteiger partial charge in [-0.3, -0.25) is 9.59 Å². The molecule has 0 spiro atoms. The Morgan fingerprint density at radius 1 is 1.35 bits per heavy atom. The van der Waals surface area contributed by atoms with Crippen LogP contribution < -0.4 is 9.64 Å². The van der Waals surface area contributed by atoms with Gasteiger partial charge >= 0.3 is 0 Å². The van der Waals surface area contributed by atoms with Crippen molar-refractivity contribution in [2.45, 2.75) is 13.8 Å². The molecule has 0 atom stereocenters. The molecule has 5 heteroatoms. The van der Waals surface area contributed by atoms with Crippen LogP contribution in [-0.2, 0) is 9.59 Å². The molecule has 0 heterocycles. The second-order valence-electron chi connectivity index (χ2n) is 3.69. The summed E-state index contributed by atoms with van der Waals surface area (Å²) in [6.45, 7) is 3.05. The maximum Gasteiger partial charge on any atom is 0.293 e. The molecule has 17 heavy (non-hydrogen) atoms. The Balaban J connectivity index is 3.19. The van der Waals surface area contributed by atoms with Crippen molar-refractivity contribution >= 4 is 29.0 Å². The summed E-state index contributed by atoms with van der Waals surface area (Å²) >= 11 is 5.98. The largest absolute Gasteiger partial charge is 0.495 e. The molecule has 0 aliphatic rings. The van der Waals surface area contributed by atoms with Gasteiger partial charge < -0.3 is 9.64 Å². The smallest absolute Gasteiger partial charge is 0.293 e. The van der Waals surface area contributed by atoms with Gasteiger partial charge in [-0.25, -0.2) is 0 Å². The molecule has 0 fully saturated rings. The van der Waals surface area contributed by atoms with Gasteiger partial charge in [-0.2, -0.15) is 0 Å². The molecule has 0 aromatic heterocycles. The number of carbonyl (C=O) groups excluding carboxylic acids is 2. The van der Waals surface area contributed by atoms with Gasteiger partial charge in [0.05, 0.1) is 12.1 Å². The van der Waals surface area contributed by atoms with E-state index in [1.165, 1.54) is 26.0 Å².